The zero-order valence-corrected chi connectivity index (χ0v) is 10.5. The fourth-order valence-corrected chi connectivity index (χ4v) is 2.22. The van der Waals surface area contributed by atoms with Crippen molar-refractivity contribution in [1.82, 2.24) is 15.2 Å². The number of nitrogens with two attached hydrogens (primary N) is 1. The number of aryl methyl sites for hydroxylation is 1. The Labute approximate surface area is 108 Å². The molecule has 2 aromatic rings. The fraction of sp³-hybridized carbons (Fsp3) is 0.182. The Morgan fingerprint density at radius 2 is 2.33 bits per heavy atom. The second-order valence-corrected chi connectivity index (χ2v) is 4.59. The number of nitrogens with one attached hydrogen (secondary N) is 1. The standard InChI is InChI=1S/C11H12N4O2S/c1-2-9-13-11(15-14-9)18-8-4-3-6(12)5-7(8)10(16)17/h3-5H,2,12H2,1H3,(H,16,17)(H,13,14,15). The predicted molar refractivity (Wildman–Crippen MR) is 67.7 cm³/mol. The van der Waals surface area contributed by atoms with Crippen LogP contribution in [-0.2, 0) is 6.42 Å². The molecule has 0 fully saturated rings. The number of aromatic nitrogens is 3. The van der Waals surface area contributed by atoms with Crippen LogP contribution in [0.2, 0.25) is 0 Å². The van der Waals surface area contributed by atoms with Crippen molar-refractivity contribution < 1.29 is 9.90 Å². The van der Waals surface area contributed by atoms with E-state index in [0.717, 1.165) is 12.2 Å². The minimum atomic E-state index is -1.02. The van der Waals surface area contributed by atoms with Crippen molar-refractivity contribution in [3.63, 3.8) is 0 Å². The van der Waals surface area contributed by atoms with Gasteiger partial charge < -0.3 is 10.8 Å². The molecule has 0 aliphatic heterocycles. The maximum absolute atomic E-state index is 11.1. The summed E-state index contributed by atoms with van der Waals surface area (Å²) in [5.74, 6) is -0.249. The van der Waals surface area contributed by atoms with Crippen molar-refractivity contribution in [2.45, 2.75) is 23.4 Å². The zero-order chi connectivity index (χ0) is 13.1. The van der Waals surface area contributed by atoms with Crippen LogP contribution in [0.5, 0.6) is 0 Å². The van der Waals surface area contributed by atoms with Gasteiger partial charge in [-0.3, -0.25) is 5.10 Å². The van der Waals surface area contributed by atoms with Gasteiger partial charge in [-0.15, -0.1) is 5.10 Å². The van der Waals surface area contributed by atoms with Gasteiger partial charge in [-0.1, -0.05) is 6.92 Å². The number of carboxylic acids is 1. The molecule has 0 saturated carbocycles. The van der Waals surface area contributed by atoms with E-state index < -0.39 is 5.97 Å². The van der Waals surface area contributed by atoms with Gasteiger partial charge in [-0.05, 0) is 30.0 Å². The highest BCUT2D eigenvalue weighted by Gasteiger charge is 2.13. The number of carboxylic acid groups (broad SMARTS) is 1. The smallest absolute Gasteiger partial charge is 0.336 e. The Bertz CT molecular complexity index is 582. The van der Waals surface area contributed by atoms with Crippen LogP contribution in [0.4, 0.5) is 5.69 Å². The summed E-state index contributed by atoms with van der Waals surface area (Å²) in [7, 11) is 0. The third kappa shape index (κ3) is 2.62. The number of hydrogen-bond acceptors (Lipinski definition) is 5. The van der Waals surface area contributed by atoms with E-state index in [1.807, 2.05) is 6.92 Å². The largest absolute Gasteiger partial charge is 0.478 e. The molecule has 94 valence electrons. The number of anilines is 1. The number of rotatable bonds is 4. The highest BCUT2D eigenvalue weighted by molar-refractivity contribution is 7.99. The van der Waals surface area contributed by atoms with Crippen molar-refractivity contribution >= 4 is 23.4 Å². The molecule has 2 rings (SSSR count). The molecule has 0 spiro atoms. The molecule has 0 amide bonds. The van der Waals surface area contributed by atoms with E-state index in [2.05, 4.69) is 15.2 Å². The second-order valence-electron chi connectivity index (χ2n) is 3.58. The summed E-state index contributed by atoms with van der Waals surface area (Å²) in [6.45, 7) is 1.96. The number of nitrogen functional groups attached to an aromatic ring is 1. The molecule has 0 bridgehead atoms. The maximum atomic E-state index is 11.1. The van der Waals surface area contributed by atoms with E-state index in [0.29, 0.717) is 15.7 Å². The minimum Gasteiger partial charge on any atom is -0.478 e. The summed E-state index contributed by atoms with van der Waals surface area (Å²) < 4.78 is 0. The molecular formula is C11H12N4O2S. The summed E-state index contributed by atoms with van der Waals surface area (Å²) in [5, 5.41) is 16.4. The molecule has 4 N–H and O–H groups in total. The van der Waals surface area contributed by atoms with E-state index in [1.165, 1.54) is 17.8 Å². The quantitative estimate of drug-likeness (QED) is 0.727. The normalized spacial score (nSPS) is 10.5. The second kappa shape index (κ2) is 5.09. The lowest BCUT2D eigenvalue weighted by atomic mass is 10.2. The van der Waals surface area contributed by atoms with Crippen molar-refractivity contribution in [1.29, 1.82) is 0 Å². The molecule has 0 unspecified atom stereocenters. The average molecular weight is 264 g/mol. The number of hydrogen-bond donors (Lipinski definition) is 3. The molecule has 1 aromatic heterocycles. The molecule has 0 atom stereocenters. The molecule has 1 heterocycles. The highest BCUT2D eigenvalue weighted by atomic mass is 32.2. The van der Waals surface area contributed by atoms with Crippen molar-refractivity contribution in [2.24, 2.45) is 0 Å². The molecule has 0 saturated heterocycles. The Hall–Kier alpha value is -2.02. The number of H-pyrrole nitrogens is 1. The van der Waals surface area contributed by atoms with Crippen molar-refractivity contribution in [3.05, 3.63) is 29.6 Å². The number of carbonyl (C=O) groups is 1. The molecular weight excluding hydrogens is 252 g/mol. The summed E-state index contributed by atoms with van der Waals surface area (Å²) >= 11 is 1.20. The molecule has 0 aliphatic carbocycles. The SMILES string of the molecule is CCc1nc(Sc2ccc(N)cc2C(=O)O)n[nH]1. The van der Waals surface area contributed by atoms with Gasteiger partial charge in [0.05, 0.1) is 5.56 Å². The van der Waals surface area contributed by atoms with Crippen LogP contribution >= 0.6 is 11.8 Å². The van der Waals surface area contributed by atoms with Gasteiger partial charge in [-0.2, -0.15) is 0 Å². The van der Waals surface area contributed by atoms with Crippen LogP contribution < -0.4 is 5.73 Å². The minimum absolute atomic E-state index is 0.155. The Morgan fingerprint density at radius 3 is 2.94 bits per heavy atom. The number of benzene rings is 1. The summed E-state index contributed by atoms with van der Waals surface area (Å²) in [5.41, 5.74) is 6.15. The van der Waals surface area contributed by atoms with Crippen molar-refractivity contribution in [2.75, 3.05) is 5.73 Å². The van der Waals surface area contributed by atoms with E-state index in [9.17, 15) is 4.79 Å². The third-order valence-electron chi connectivity index (χ3n) is 2.28. The lowest BCUT2D eigenvalue weighted by Crippen LogP contribution is -2.00. The van der Waals surface area contributed by atoms with Gasteiger partial charge in [0.1, 0.15) is 5.82 Å². The van der Waals surface area contributed by atoms with Gasteiger partial charge in [0.15, 0.2) is 0 Å². The third-order valence-corrected chi connectivity index (χ3v) is 3.22. The molecule has 6 nitrogen and oxygen atoms in total. The number of nitrogens with zero attached hydrogens (tertiary/aromatic N) is 2. The highest BCUT2D eigenvalue weighted by Crippen LogP contribution is 2.29. The van der Waals surface area contributed by atoms with E-state index in [1.54, 1.807) is 12.1 Å². The lowest BCUT2D eigenvalue weighted by molar-refractivity contribution is 0.0693. The first-order valence-corrected chi connectivity index (χ1v) is 6.13. The van der Waals surface area contributed by atoms with E-state index >= 15 is 0 Å². The number of aromatic amines is 1. The van der Waals surface area contributed by atoms with Crippen LogP contribution in [0.25, 0.3) is 0 Å². The zero-order valence-electron chi connectivity index (χ0n) is 9.67. The molecule has 0 aliphatic rings. The summed E-state index contributed by atoms with van der Waals surface area (Å²) in [4.78, 5) is 15.9. The Kier molecular flexibility index (Phi) is 3.52. The number of aromatic carboxylic acids is 1. The maximum Gasteiger partial charge on any atom is 0.336 e. The molecule has 18 heavy (non-hydrogen) atoms. The van der Waals surface area contributed by atoms with Gasteiger partial charge in [-0.25, -0.2) is 9.78 Å². The average Bonchev–Trinajstić information content (AvgIpc) is 2.79. The Morgan fingerprint density at radius 1 is 1.56 bits per heavy atom. The van der Waals surface area contributed by atoms with Crippen molar-refractivity contribution in [3.8, 4) is 0 Å². The van der Waals surface area contributed by atoms with Crippen LogP contribution in [0, 0.1) is 0 Å². The summed E-state index contributed by atoms with van der Waals surface area (Å²) in [6.07, 6.45) is 0.751. The van der Waals surface area contributed by atoms with Gasteiger partial charge in [0.2, 0.25) is 5.16 Å². The fourth-order valence-electron chi connectivity index (χ4n) is 1.38. The van der Waals surface area contributed by atoms with Crippen LogP contribution in [0.15, 0.2) is 28.3 Å². The molecule has 7 heteroatoms. The van der Waals surface area contributed by atoms with Crippen LogP contribution in [-0.4, -0.2) is 26.3 Å². The lowest BCUT2D eigenvalue weighted by Gasteiger charge is -2.04. The van der Waals surface area contributed by atoms with E-state index in [4.69, 9.17) is 10.8 Å². The van der Waals surface area contributed by atoms with Crippen LogP contribution in [0.3, 0.4) is 0 Å². The Balaban J connectivity index is 2.30. The van der Waals surface area contributed by atoms with E-state index in [-0.39, 0.29) is 5.56 Å². The predicted octanol–water partition coefficient (Wildman–Crippen LogP) is 1.80. The molecule has 0 radical (unpaired) electrons. The first-order valence-electron chi connectivity index (χ1n) is 5.32. The van der Waals surface area contributed by atoms with Crippen LogP contribution in [0.1, 0.15) is 23.1 Å². The van der Waals surface area contributed by atoms with Gasteiger partial charge in [0, 0.05) is 17.0 Å². The topological polar surface area (TPSA) is 105 Å². The summed E-state index contributed by atoms with van der Waals surface area (Å²) in [6, 6.07) is 4.74. The first kappa shape index (κ1) is 12.4. The van der Waals surface area contributed by atoms with Gasteiger partial charge in [0.25, 0.3) is 0 Å². The monoisotopic (exact) mass is 264 g/mol. The van der Waals surface area contributed by atoms with Gasteiger partial charge >= 0.3 is 5.97 Å². The first-order chi connectivity index (χ1) is 8.60. The molecule has 1 aromatic carbocycles.